The van der Waals surface area contributed by atoms with Gasteiger partial charge in [0.2, 0.25) is 0 Å². The van der Waals surface area contributed by atoms with Crippen LogP contribution in [0.4, 0.5) is 0 Å². The highest BCUT2D eigenvalue weighted by atomic mass is 32.8. The highest BCUT2D eigenvalue weighted by Crippen LogP contribution is 2.14. The summed E-state index contributed by atoms with van der Waals surface area (Å²) in [5.74, 6) is -0.586. The minimum absolute atomic E-state index is 0.386. The Bertz CT molecular complexity index is 539. The van der Waals surface area contributed by atoms with E-state index < -0.39 is 27.0 Å². The lowest BCUT2D eigenvalue weighted by Gasteiger charge is -2.19. The van der Waals surface area contributed by atoms with E-state index >= 15 is 0 Å². The fourth-order valence-corrected chi connectivity index (χ4v) is 2.60. The molecule has 1 unspecified atom stereocenters. The standard InChI is InChI=1S/C13H18O4S2/c1-10-5-7-11(8-6-10)19(15,18)16-9-12(14)17-13(2,3)4/h5-8H,9H2,1-4H3. The van der Waals surface area contributed by atoms with Gasteiger partial charge in [-0.2, -0.15) is 0 Å². The first kappa shape index (κ1) is 16.1. The molecule has 1 aromatic rings. The molecule has 1 aromatic carbocycles. The highest BCUT2D eigenvalue weighted by Gasteiger charge is 2.19. The predicted molar refractivity (Wildman–Crippen MR) is 76.7 cm³/mol. The van der Waals surface area contributed by atoms with Crippen LogP contribution in [0.5, 0.6) is 0 Å². The summed E-state index contributed by atoms with van der Waals surface area (Å²) in [6.07, 6.45) is 0. The summed E-state index contributed by atoms with van der Waals surface area (Å²) in [5.41, 5.74) is 0.424. The smallest absolute Gasteiger partial charge is 0.334 e. The first-order valence-electron chi connectivity index (χ1n) is 5.78. The van der Waals surface area contributed by atoms with Gasteiger partial charge < -0.3 is 4.74 Å². The summed E-state index contributed by atoms with van der Waals surface area (Å²) in [6, 6.07) is 6.86. The second-order valence-corrected chi connectivity index (χ2v) is 8.05. The number of benzene rings is 1. The molecule has 0 heterocycles. The molecule has 0 aliphatic heterocycles. The maximum Gasteiger partial charge on any atom is 0.334 e. The number of esters is 1. The molecule has 4 nitrogen and oxygen atoms in total. The summed E-state index contributed by atoms with van der Waals surface area (Å²) in [5, 5.41) is 0. The van der Waals surface area contributed by atoms with Crippen LogP contribution < -0.4 is 0 Å². The molecule has 0 amide bonds. The minimum Gasteiger partial charge on any atom is -0.458 e. The predicted octanol–water partition coefficient (Wildman–Crippen LogP) is 2.37. The van der Waals surface area contributed by atoms with Crippen molar-refractivity contribution in [2.24, 2.45) is 0 Å². The van der Waals surface area contributed by atoms with Crippen molar-refractivity contribution in [1.82, 2.24) is 0 Å². The van der Waals surface area contributed by atoms with Crippen LogP contribution >= 0.6 is 0 Å². The molecule has 0 saturated heterocycles. The van der Waals surface area contributed by atoms with Gasteiger partial charge in [-0.25, -0.2) is 9.00 Å². The van der Waals surface area contributed by atoms with E-state index in [-0.39, 0.29) is 0 Å². The maximum atomic E-state index is 12.2. The molecule has 6 heteroatoms. The van der Waals surface area contributed by atoms with Crippen molar-refractivity contribution in [3.63, 3.8) is 0 Å². The summed E-state index contributed by atoms with van der Waals surface area (Å²) >= 11 is 4.91. The first-order valence-corrected chi connectivity index (χ1v) is 8.19. The van der Waals surface area contributed by atoms with Crippen molar-refractivity contribution in [1.29, 1.82) is 0 Å². The SMILES string of the molecule is Cc1ccc(S(=O)(=S)OCC(=O)OC(C)(C)C)cc1. The third kappa shape index (κ3) is 5.67. The normalized spacial score (nSPS) is 14.7. The molecule has 0 saturated carbocycles. The molecular formula is C13H18O4S2. The van der Waals surface area contributed by atoms with Crippen molar-refractivity contribution in [2.45, 2.75) is 38.2 Å². The van der Waals surface area contributed by atoms with E-state index in [0.717, 1.165) is 5.56 Å². The van der Waals surface area contributed by atoms with Crippen molar-refractivity contribution >= 4 is 25.9 Å². The Morgan fingerprint density at radius 2 is 1.79 bits per heavy atom. The van der Waals surface area contributed by atoms with Crippen molar-refractivity contribution in [3.05, 3.63) is 29.8 Å². The molecule has 1 atom stereocenters. The van der Waals surface area contributed by atoms with Gasteiger partial charge in [-0.15, -0.1) is 0 Å². The molecule has 0 fully saturated rings. The van der Waals surface area contributed by atoms with Crippen LogP contribution in [-0.4, -0.2) is 22.4 Å². The van der Waals surface area contributed by atoms with Crippen molar-refractivity contribution < 1.29 is 17.9 Å². The lowest BCUT2D eigenvalue weighted by molar-refractivity contribution is -0.157. The van der Waals surface area contributed by atoms with Gasteiger partial charge >= 0.3 is 5.97 Å². The van der Waals surface area contributed by atoms with E-state index in [9.17, 15) is 9.00 Å². The largest absolute Gasteiger partial charge is 0.458 e. The van der Waals surface area contributed by atoms with Crippen molar-refractivity contribution in [3.8, 4) is 0 Å². The lowest BCUT2D eigenvalue weighted by atomic mass is 10.2. The number of carbonyl (C=O) groups is 1. The van der Waals surface area contributed by atoms with Crippen LogP contribution in [-0.2, 0) is 33.7 Å². The summed E-state index contributed by atoms with van der Waals surface area (Å²) < 4.78 is 22.2. The molecule has 106 valence electrons. The van der Waals surface area contributed by atoms with Crippen LogP contribution in [0, 0.1) is 6.92 Å². The Morgan fingerprint density at radius 1 is 1.26 bits per heavy atom. The zero-order chi connectivity index (χ0) is 14.7. The van der Waals surface area contributed by atoms with Crippen LogP contribution in [0.2, 0.25) is 0 Å². The number of hydrogen-bond donors (Lipinski definition) is 0. The summed E-state index contributed by atoms with van der Waals surface area (Å²) in [6.45, 7) is 6.73. The van der Waals surface area contributed by atoms with E-state index in [1.54, 1.807) is 45.0 Å². The van der Waals surface area contributed by atoms with E-state index in [0.29, 0.717) is 4.90 Å². The monoisotopic (exact) mass is 302 g/mol. The fraction of sp³-hybridized carbons (Fsp3) is 0.462. The third-order valence-electron chi connectivity index (χ3n) is 2.06. The second-order valence-electron chi connectivity index (χ2n) is 5.12. The average Bonchev–Trinajstić information content (AvgIpc) is 2.25. The molecule has 0 spiro atoms. The Labute approximate surface area is 119 Å². The molecule has 0 aliphatic rings. The zero-order valence-corrected chi connectivity index (χ0v) is 13.1. The molecule has 0 bridgehead atoms. The number of ether oxygens (including phenoxy) is 1. The Kier molecular flexibility index (Phi) is 5.06. The quantitative estimate of drug-likeness (QED) is 0.799. The highest BCUT2D eigenvalue weighted by molar-refractivity contribution is 8.30. The Hall–Kier alpha value is -0.980. The van der Waals surface area contributed by atoms with E-state index in [1.165, 1.54) is 0 Å². The van der Waals surface area contributed by atoms with Gasteiger partial charge in [-0.05, 0) is 39.8 Å². The number of aryl methyl sites for hydroxylation is 1. The first-order chi connectivity index (χ1) is 8.60. The van der Waals surface area contributed by atoms with E-state index in [2.05, 4.69) is 0 Å². The van der Waals surface area contributed by atoms with Gasteiger partial charge in [0.05, 0.1) is 4.90 Å². The minimum atomic E-state index is -3.10. The lowest BCUT2D eigenvalue weighted by Crippen LogP contribution is -2.27. The van der Waals surface area contributed by atoms with Crippen LogP contribution in [0.1, 0.15) is 26.3 Å². The molecule has 0 N–H and O–H groups in total. The molecule has 0 aliphatic carbocycles. The van der Waals surface area contributed by atoms with Crippen molar-refractivity contribution in [2.75, 3.05) is 6.61 Å². The molecule has 19 heavy (non-hydrogen) atoms. The van der Waals surface area contributed by atoms with E-state index in [4.69, 9.17) is 20.1 Å². The van der Waals surface area contributed by atoms with Gasteiger partial charge in [0, 0.05) is 11.2 Å². The van der Waals surface area contributed by atoms with Gasteiger partial charge in [0.15, 0.2) is 15.4 Å². The van der Waals surface area contributed by atoms with Crippen LogP contribution in [0.3, 0.4) is 0 Å². The van der Waals surface area contributed by atoms with Gasteiger partial charge in [-0.1, -0.05) is 17.7 Å². The van der Waals surface area contributed by atoms with Gasteiger partial charge in [-0.3, -0.25) is 4.18 Å². The third-order valence-corrected chi connectivity index (χ3v) is 4.21. The van der Waals surface area contributed by atoms with Gasteiger partial charge in [0.25, 0.3) is 0 Å². The zero-order valence-electron chi connectivity index (χ0n) is 11.5. The van der Waals surface area contributed by atoms with E-state index in [1.807, 2.05) is 6.92 Å². The Morgan fingerprint density at radius 3 is 2.26 bits per heavy atom. The number of hydrogen-bond acceptors (Lipinski definition) is 5. The molecular weight excluding hydrogens is 284 g/mol. The van der Waals surface area contributed by atoms with Crippen LogP contribution in [0.25, 0.3) is 0 Å². The van der Waals surface area contributed by atoms with Gasteiger partial charge in [0.1, 0.15) is 5.60 Å². The average molecular weight is 302 g/mol. The fourth-order valence-electron chi connectivity index (χ4n) is 1.27. The summed E-state index contributed by atoms with van der Waals surface area (Å²) in [4.78, 5) is 11.9. The molecule has 0 aromatic heterocycles. The number of rotatable bonds is 4. The molecule has 0 radical (unpaired) electrons. The van der Waals surface area contributed by atoms with Crippen LogP contribution in [0.15, 0.2) is 29.2 Å². The topological polar surface area (TPSA) is 52.6 Å². The Balaban J connectivity index is 2.66. The molecule has 1 rings (SSSR count). The maximum absolute atomic E-state index is 12.2. The second kappa shape index (κ2) is 5.98. The summed E-state index contributed by atoms with van der Waals surface area (Å²) in [7, 11) is -3.10. The number of carbonyl (C=O) groups excluding carboxylic acids is 1.